The van der Waals surface area contributed by atoms with Crippen molar-refractivity contribution < 1.29 is 4.79 Å². The zero-order valence-electron chi connectivity index (χ0n) is 13.4. The number of anilines is 1. The number of aromatic amines is 1. The fourth-order valence-electron chi connectivity index (χ4n) is 2.12. The quantitative estimate of drug-likeness (QED) is 0.551. The van der Waals surface area contributed by atoms with Crippen LogP contribution in [0.15, 0.2) is 34.2 Å². The summed E-state index contributed by atoms with van der Waals surface area (Å²) in [6.07, 6.45) is 0. The summed E-state index contributed by atoms with van der Waals surface area (Å²) in [7, 11) is 0. The third-order valence-corrected chi connectivity index (χ3v) is 5.20. The van der Waals surface area contributed by atoms with Crippen LogP contribution in [-0.2, 0) is 4.79 Å². The van der Waals surface area contributed by atoms with E-state index in [1.807, 2.05) is 25.1 Å². The third kappa shape index (κ3) is 3.82. The molecule has 0 aliphatic carbocycles. The molecule has 3 aromatic rings. The van der Waals surface area contributed by atoms with Crippen LogP contribution in [0, 0.1) is 13.8 Å². The zero-order chi connectivity index (χ0) is 17.3. The number of carbonyl (C=O) groups excluding carboxylic acids is 1. The lowest BCUT2D eigenvalue weighted by Gasteiger charge is -2.09. The molecule has 0 saturated heterocycles. The molecule has 24 heavy (non-hydrogen) atoms. The zero-order valence-corrected chi connectivity index (χ0v) is 15.0. The number of fused-ring (bicyclic) bond motifs is 1. The van der Waals surface area contributed by atoms with Crippen LogP contribution in [0.2, 0.25) is 0 Å². The third-order valence-electron chi connectivity index (χ3n) is 3.28. The van der Waals surface area contributed by atoms with Gasteiger partial charge in [-0.1, -0.05) is 29.2 Å². The number of aryl methyl sites for hydroxylation is 2. The number of amides is 1. The highest BCUT2D eigenvalue weighted by atomic mass is 32.2. The van der Waals surface area contributed by atoms with Crippen LogP contribution >= 0.6 is 23.1 Å². The number of thiazole rings is 1. The molecule has 6 nitrogen and oxygen atoms in total. The first-order valence-electron chi connectivity index (χ1n) is 7.33. The Hall–Kier alpha value is -2.19. The summed E-state index contributed by atoms with van der Waals surface area (Å²) in [4.78, 5) is 35.1. The molecule has 3 rings (SSSR count). The second-order valence-electron chi connectivity index (χ2n) is 5.43. The van der Waals surface area contributed by atoms with E-state index in [0.29, 0.717) is 16.0 Å². The molecular formula is C16H16N4O2S2. The van der Waals surface area contributed by atoms with Gasteiger partial charge < -0.3 is 10.3 Å². The molecule has 1 atom stereocenters. The summed E-state index contributed by atoms with van der Waals surface area (Å²) in [5, 5.41) is 3.42. The summed E-state index contributed by atoms with van der Waals surface area (Å²) >= 11 is 2.65. The maximum Gasteiger partial charge on any atom is 0.251 e. The number of benzene rings is 1. The average Bonchev–Trinajstić information content (AvgIpc) is 2.87. The van der Waals surface area contributed by atoms with Crippen LogP contribution in [-0.4, -0.2) is 26.1 Å². The van der Waals surface area contributed by atoms with E-state index in [1.54, 1.807) is 13.8 Å². The molecular weight excluding hydrogens is 344 g/mol. The van der Waals surface area contributed by atoms with Gasteiger partial charge in [-0.2, -0.15) is 0 Å². The molecule has 0 spiro atoms. The Morgan fingerprint density at radius 1 is 1.29 bits per heavy atom. The van der Waals surface area contributed by atoms with Crippen LogP contribution in [0.1, 0.15) is 18.2 Å². The van der Waals surface area contributed by atoms with Crippen molar-refractivity contribution in [3.63, 3.8) is 0 Å². The van der Waals surface area contributed by atoms with Gasteiger partial charge in [0.2, 0.25) is 5.91 Å². The summed E-state index contributed by atoms with van der Waals surface area (Å²) in [6, 6.07) is 7.39. The SMILES string of the molecule is Cc1ccc2nc(NC(=O)C(C)Sc3nc(C)cc(=O)[nH]3)sc2c1. The molecule has 0 bridgehead atoms. The topological polar surface area (TPSA) is 87.7 Å². The van der Waals surface area contributed by atoms with Gasteiger partial charge in [-0.25, -0.2) is 9.97 Å². The van der Waals surface area contributed by atoms with Crippen molar-refractivity contribution in [2.45, 2.75) is 31.2 Å². The Morgan fingerprint density at radius 2 is 2.08 bits per heavy atom. The van der Waals surface area contributed by atoms with Crippen LogP contribution in [0.4, 0.5) is 5.13 Å². The van der Waals surface area contributed by atoms with Crippen molar-refractivity contribution in [2.75, 3.05) is 5.32 Å². The van der Waals surface area contributed by atoms with Gasteiger partial charge in [0, 0.05) is 11.8 Å². The van der Waals surface area contributed by atoms with Gasteiger partial charge in [-0.05, 0) is 38.5 Å². The lowest BCUT2D eigenvalue weighted by atomic mass is 10.2. The van der Waals surface area contributed by atoms with Gasteiger partial charge in [-0.15, -0.1) is 0 Å². The number of H-pyrrole nitrogens is 1. The van der Waals surface area contributed by atoms with E-state index < -0.39 is 5.25 Å². The smallest absolute Gasteiger partial charge is 0.251 e. The highest BCUT2D eigenvalue weighted by molar-refractivity contribution is 8.00. The van der Waals surface area contributed by atoms with Crippen molar-refractivity contribution in [3.05, 3.63) is 45.9 Å². The van der Waals surface area contributed by atoms with Crippen molar-refractivity contribution >= 4 is 44.4 Å². The Bertz CT molecular complexity index is 964. The van der Waals surface area contributed by atoms with Crippen LogP contribution in [0.3, 0.4) is 0 Å². The minimum atomic E-state index is -0.413. The lowest BCUT2D eigenvalue weighted by Crippen LogP contribution is -2.23. The first kappa shape index (κ1) is 16.7. The van der Waals surface area contributed by atoms with Crippen molar-refractivity contribution in [3.8, 4) is 0 Å². The van der Waals surface area contributed by atoms with Crippen molar-refractivity contribution in [1.82, 2.24) is 15.0 Å². The highest BCUT2D eigenvalue weighted by Crippen LogP contribution is 2.27. The van der Waals surface area contributed by atoms with Crippen LogP contribution in [0.25, 0.3) is 10.2 Å². The molecule has 2 heterocycles. The lowest BCUT2D eigenvalue weighted by molar-refractivity contribution is -0.115. The number of hydrogen-bond acceptors (Lipinski definition) is 6. The van der Waals surface area contributed by atoms with E-state index in [0.717, 1.165) is 15.8 Å². The number of hydrogen-bond donors (Lipinski definition) is 2. The van der Waals surface area contributed by atoms with E-state index in [4.69, 9.17) is 0 Å². The fraction of sp³-hybridized carbons (Fsp3) is 0.250. The molecule has 8 heteroatoms. The Kier molecular flexibility index (Phi) is 4.68. The second kappa shape index (κ2) is 6.74. The standard InChI is InChI=1S/C16H16N4O2S2/c1-8-4-5-11-12(6-8)24-16(18-11)20-14(22)10(3)23-15-17-9(2)7-13(21)19-15/h4-7,10H,1-3H3,(H,17,19,21)(H,18,20,22). The van der Waals surface area contributed by atoms with E-state index in [9.17, 15) is 9.59 Å². The van der Waals surface area contributed by atoms with Crippen molar-refractivity contribution in [2.24, 2.45) is 0 Å². The number of rotatable bonds is 4. The first-order chi connectivity index (χ1) is 11.4. The molecule has 0 radical (unpaired) electrons. The average molecular weight is 360 g/mol. The summed E-state index contributed by atoms with van der Waals surface area (Å²) in [5.41, 5.74) is 2.42. The molecule has 124 valence electrons. The molecule has 1 unspecified atom stereocenters. The molecule has 0 saturated carbocycles. The van der Waals surface area contributed by atoms with Gasteiger partial charge in [-0.3, -0.25) is 9.59 Å². The van der Waals surface area contributed by atoms with E-state index >= 15 is 0 Å². The predicted octanol–water partition coefficient (Wildman–Crippen LogP) is 3.12. The van der Waals surface area contributed by atoms with E-state index in [-0.39, 0.29) is 11.5 Å². The maximum absolute atomic E-state index is 12.3. The number of aromatic nitrogens is 3. The normalized spacial score (nSPS) is 12.3. The Morgan fingerprint density at radius 3 is 2.83 bits per heavy atom. The van der Waals surface area contributed by atoms with Gasteiger partial charge in [0.05, 0.1) is 15.5 Å². The summed E-state index contributed by atoms with van der Waals surface area (Å²) in [6.45, 7) is 5.53. The van der Waals surface area contributed by atoms with Gasteiger partial charge in [0.25, 0.3) is 5.56 Å². The van der Waals surface area contributed by atoms with E-state index in [1.165, 1.54) is 29.2 Å². The summed E-state index contributed by atoms with van der Waals surface area (Å²) < 4.78 is 1.04. The highest BCUT2D eigenvalue weighted by Gasteiger charge is 2.17. The molecule has 2 N–H and O–H groups in total. The van der Waals surface area contributed by atoms with Gasteiger partial charge in [0.15, 0.2) is 10.3 Å². The van der Waals surface area contributed by atoms with Gasteiger partial charge >= 0.3 is 0 Å². The minimum absolute atomic E-state index is 0.181. The molecule has 0 fully saturated rings. The second-order valence-corrected chi connectivity index (χ2v) is 7.79. The number of carbonyl (C=O) groups is 1. The molecule has 2 aromatic heterocycles. The monoisotopic (exact) mass is 360 g/mol. The Balaban J connectivity index is 1.71. The molecule has 0 aliphatic rings. The molecule has 1 aromatic carbocycles. The largest absolute Gasteiger partial charge is 0.301 e. The molecule has 1 amide bonds. The summed E-state index contributed by atoms with van der Waals surface area (Å²) in [5.74, 6) is -0.181. The maximum atomic E-state index is 12.3. The molecule has 0 aliphatic heterocycles. The van der Waals surface area contributed by atoms with Crippen LogP contribution < -0.4 is 10.9 Å². The first-order valence-corrected chi connectivity index (χ1v) is 9.03. The van der Waals surface area contributed by atoms with Gasteiger partial charge in [0.1, 0.15) is 0 Å². The van der Waals surface area contributed by atoms with Crippen LogP contribution in [0.5, 0.6) is 0 Å². The number of nitrogens with one attached hydrogen (secondary N) is 2. The number of nitrogens with zero attached hydrogens (tertiary/aromatic N) is 2. The predicted molar refractivity (Wildman–Crippen MR) is 97.9 cm³/mol. The fourth-order valence-corrected chi connectivity index (χ4v) is 3.94. The minimum Gasteiger partial charge on any atom is -0.301 e. The Labute approximate surface area is 146 Å². The van der Waals surface area contributed by atoms with Crippen molar-refractivity contribution in [1.29, 1.82) is 0 Å². The number of thioether (sulfide) groups is 1. The van der Waals surface area contributed by atoms with E-state index in [2.05, 4.69) is 20.3 Å².